The topological polar surface area (TPSA) is 75.3 Å². The monoisotopic (exact) mass is 390 g/mol. The number of halogens is 1. The van der Waals surface area contributed by atoms with E-state index in [1.54, 1.807) is 48.5 Å². The number of amides is 1. The minimum Gasteiger partial charge on any atom is -0.491 e. The van der Waals surface area contributed by atoms with Crippen LogP contribution in [0.5, 0.6) is 5.75 Å². The molecule has 0 saturated carbocycles. The highest BCUT2D eigenvalue weighted by molar-refractivity contribution is 6.09. The fourth-order valence-corrected chi connectivity index (χ4v) is 2.61. The van der Waals surface area contributed by atoms with Crippen LogP contribution in [0.2, 0.25) is 0 Å². The molecule has 3 rings (SSSR count). The number of hydrogen-bond donors (Lipinski definition) is 1. The third-order valence-electron chi connectivity index (χ3n) is 3.87. The van der Waals surface area contributed by atoms with E-state index >= 15 is 0 Å². The van der Waals surface area contributed by atoms with Crippen molar-refractivity contribution >= 4 is 17.7 Å². The Labute approximate surface area is 168 Å². The largest absolute Gasteiger partial charge is 0.491 e. The molecule has 1 amide bonds. The van der Waals surface area contributed by atoms with Crippen LogP contribution >= 0.6 is 0 Å². The van der Waals surface area contributed by atoms with Crippen LogP contribution in [-0.4, -0.2) is 12.0 Å². The molecule has 1 heterocycles. The van der Waals surface area contributed by atoms with Crippen molar-refractivity contribution in [2.24, 2.45) is 0 Å². The molecule has 2 aromatic carbocycles. The van der Waals surface area contributed by atoms with Crippen LogP contribution < -0.4 is 10.1 Å². The van der Waals surface area contributed by atoms with E-state index in [9.17, 15) is 14.4 Å². The SMILES string of the molecule is CC(C)Oc1cccc(NC(=O)/C(C#N)=C\c2ccc(-c3ccc(F)cc3)o2)c1. The van der Waals surface area contributed by atoms with Gasteiger partial charge < -0.3 is 14.5 Å². The van der Waals surface area contributed by atoms with Gasteiger partial charge in [0.25, 0.3) is 5.91 Å². The van der Waals surface area contributed by atoms with Crippen LogP contribution in [0.25, 0.3) is 17.4 Å². The molecule has 0 bridgehead atoms. The average molecular weight is 390 g/mol. The summed E-state index contributed by atoms with van der Waals surface area (Å²) in [6, 6.07) is 18.0. The number of ether oxygens (including phenoxy) is 1. The molecular formula is C23H19FN2O3. The number of anilines is 1. The number of hydrogen-bond acceptors (Lipinski definition) is 4. The third kappa shape index (κ3) is 5.33. The van der Waals surface area contributed by atoms with Crippen molar-refractivity contribution in [3.63, 3.8) is 0 Å². The van der Waals surface area contributed by atoms with Crippen molar-refractivity contribution in [3.8, 4) is 23.1 Å². The summed E-state index contributed by atoms with van der Waals surface area (Å²) in [5.74, 6) is 0.566. The molecule has 5 nitrogen and oxygen atoms in total. The zero-order chi connectivity index (χ0) is 20.8. The smallest absolute Gasteiger partial charge is 0.266 e. The second kappa shape index (κ2) is 8.89. The van der Waals surface area contributed by atoms with Crippen LogP contribution in [0.4, 0.5) is 10.1 Å². The summed E-state index contributed by atoms with van der Waals surface area (Å²) in [4.78, 5) is 12.5. The second-order valence-corrected chi connectivity index (χ2v) is 6.53. The highest BCUT2D eigenvalue weighted by atomic mass is 19.1. The molecule has 146 valence electrons. The summed E-state index contributed by atoms with van der Waals surface area (Å²) in [7, 11) is 0. The summed E-state index contributed by atoms with van der Waals surface area (Å²) >= 11 is 0. The van der Waals surface area contributed by atoms with E-state index in [2.05, 4.69) is 5.32 Å². The van der Waals surface area contributed by atoms with Gasteiger partial charge in [0.2, 0.25) is 0 Å². The maximum atomic E-state index is 13.1. The molecule has 0 unspecified atom stereocenters. The molecule has 0 fully saturated rings. The summed E-state index contributed by atoms with van der Waals surface area (Å²) in [5, 5.41) is 12.1. The van der Waals surface area contributed by atoms with Crippen LogP contribution in [0.1, 0.15) is 19.6 Å². The molecular weight excluding hydrogens is 371 g/mol. The van der Waals surface area contributed by atoms with Gasteiger partial charge in [-0.3, -0.25) is 4.79 Å². The van der Waals surface area contributed by atoms with E-state index in [0.29, 0.717) is 28.5 Å². The number of benzene rings is 2. The van der Waals surface area contributed by atoms with E-state index < -0.39 is 5.91 Å². The van der Waals surface area contributed by atoms with Crippen LogP contribution in [-0.2, 0) is 4.79 Å². The van der Waals surface area contributed by atoms with Gasteiger partial charge in [0.1, 0.15) is 34.7 Å². The average Bonchev–Trinajstić information content (AvgIpc) is 3.15. The molecule has 0 atom stereocenters. The Morgan fingerprint density at radius 2 is 1.93 bits per heavy atom. The van der Waals surface area contributed by atoms with Crippen molar-refractivity contribution in [2.45, 2.75) is 20.0 Å². The minimum atomic E-state index is -0.561. The molecule has 0 aliphatic heterocycles. The Morgan fingerprint density at radius 1 is 1.17 bits per heavy atom. The lowest BCUT2D eigenvalue weighted by Crippen LogP contribution is -2.13. The summed E-state index contributed by atoms with van der Waals surface area (Å²) < 4.78 is 24.3. The number of rotatable bonds is 6. The Bertz CT molecular complexity index is 1080. The third-order valence-corrected chi connectivity index (χ3v) is 3.87. The first kappa shape index (κ1) is 19.9. The van der Waals surface area contributed by atoms with Gasteiger partial charge in [0.15, 0.2) is 0 Å². The van der Waals surface area contributed by atoms with E-state index in [1.165, 1.54) is 18.2 Å². The molecule has 1 aromatic heterocycles. The lowest BCUT2D eigenvalue weighted by atomic mass is 10.2. The number of nitrogens with zero attached hydrogens (tertiary/aromatic N) is 1. The first-order valence-corrected chi connectivity index (χ1v) is 9.00. The van der Waals surface area contributed by atoms with Crippen LogP contribution in [0.15, 0.2) is 70.7 Å². The molecule has 0 aliphatic carbocycles. The van der Waals surface area contributed by atoms with Gasteiger partial charge >= 0.3 is 0 Å². The van der Waals surface area contributed by atoms with Gasteiger partial charge in [-0.25, -0.2) is 4.39 Å². The highest BCUT2D eigenvalue weighted by Gasteiger charge is 2.12. The van der Waals surface area contributed by atoms with Gasteiger partial charge in [0, 0.05) is 23.4 Å². The second-order valence-electron chi connectivity index (χ2n) is 6.53. The first-order chi connectivity index (χ1) is 13.9. The zero-order valence-corrected chi connectivity index (χ0v) is 16.0. The van der Waals surface area contributed by atoms with Crippen molar-refractivity contribution in [2.75, 3.05) is 5.32 Å². The number of carbonyl (C=O) groups is 1. The maximum absolute atomic E-state index is 13.1. The normalized spacial score (nSPS) is 11.2. The number of nitrogens with one attached hydrogen (secondary N) is 1. The Balaban J connectivity index is 1.75. The van der Waals surface area contributed by atoms with E-state index in [-0.39, 0.29) is 17.5 Å². The molecule has 0 aliphatic rings. The fourth-order valence-electron chi connectivity index (χ4n) is 2.61. The molecule has 3 aromatic rings. The van der Waals surface area contributed by atoms with E-state index in [4.69, 9.17) is 9.15 Å². The summed E-state index contributed by atoms with van der Waals surface area (Å²) in [5.41, 5.74) is 1.09. The highest BCUT2D eigenvalue weighted by Crippen LogP contribution is 2.24. The van der Waals surface area contributed by atoms with Crippen LogP contribution in [0.3, 0.4) is 0 Å². The van der Waals surface area contributed by atoms with Crippen molar-refractivity contribution in [1.82, 2.24) is 0 Å². The Kier molecular flexibility index (Phi) is 6.10. The summed E-state index contributed by atoms with van der Waals surface area (Å²) in [6.07, 6.45) is 1.36. The molecule has 1 N–H and O–H groups in total. The number of carbonyl (C=O) groups excluding carboxylic acids is 1. The van der Waals surface area contributed by atoms with Gasteiger partial charge in [-0.1, -0.05) is 6.07 Å². The van der Waals surface area contributed by atoms with Gasteiger partial charge in [0.05, 0.1) is 6.10 Å². The molecule has 6 heteroatoms. The minimum absolute atomic E-state index is 0.00442. The number of furan rings is 1. The number of nitriles is 1. The molecule has 0 spiro atoms. The quantitative estimate of drug-likeness (QED) is 0.450. The van der Waals surface area contributed by atoms with Gasteiger partial charge in [-0.2, -0.15) is 5.26 Å². The zero-order valence-electron chi connectivity index (χ0n) is 16.0. The van der Waals surface area contributed by atoms with Crippen molar-refractivity contribution in [3.05, 3.63) is 77.8 Å². The molecule has 29 heavy (non-hydrogen) atoms. The lowest BCUT2D eigenvalue weighted by Gasteiger charge is -2.11. The molecule has 0 saturated heterocycles. The first-order valence-electron chi connectivity index (χ1n) is 9.00. The van der Waals surface area contributed by atoms with Crippen molar-refractivity contribution in [1.29, 1.82) is 5.26 Å². The Hall–Kier alpha value is -3.85. The lowest BCUT2D eigenvalue weighted by molar-refractivity contribution is -0.112. The fraction of sp³-hybridized carbons (Fsp3) is 0.130. The van der Waals surface area contributed by atoms with Gasteiger partial charge in [-0.15, -0.1) is 0 Å². The standard InChI is InChI=1S/C23H19FN2O3/c1-15(2)28-20-5-3-4-19(13-20)26-23(27)17(14-25)12-21-10-11-22(29-21)16-6-8-18(24)9-7-16/h3-13,15H,1-2H3,(H,26,27)/b17-12-. The molecule has 0 radical (unpaired) electrons. The van der Waals surface area contributed by atoms with E-state index in [0.717, 1.165) is 0 Å². The summed E-state index contributed by atoms with van der Waals surface area (Å²) in [6.45, 7) is 3.82. The maximum Gasteiger partial charge on any atom is 0.266 e. The van der Waals surface area contributed by atoms with Crippen molar-refractivity contribution < 1.29 is 18.3 Å². The van der Waals surface area contributed by atoms with E-state index in [1.807, 2.05) is 19.9 Å². The predicted molar refractivity (Wildman–Crippen MR) is 109 cm³/mol. The predicted octanol–water partition coefficient (Wildman–Crippen LogP) is 5.42. The van der Waals surface area contributed by atoms with Gasteiger partial charge in [-0.05, 0) is 62.4 Å². The van der Waals surface area contributed by atoms with Crippen LogP contribution in [0, 0.1) is 17.1 Å². The Morgan fingerprint density at radius 3 is 2.62 bits per heavy atom.